The number of amides is 1. The van der Waals surface area contributed by atoms with Gasteiger partial charge < -0.3 is 15.0 Å². The van der Waals surface area contributed by atoms with Crippen LogP contribution in [0.3, 0.4) is 0 Å². The van der Waals surface area contributed by atoms with E-state index >= 15 is 4.39 Å². The molecule has 4 heterocycles. The number of aromatic nitrogens is 2. The molecule has 0 atom stereocenters. The SMILES string of the molecule is CC(C)NCCOc1ncc(-c2cc3c4c(cnc3cc2F)N(C)C(=O)C42CCC2)cc1NS(=O)(=O)N1CC(C#N)C1. The Morgan fingerprint density at radius 3 is 2.64 bits per heavy atom. The summed E-state index contributed by atoms with van der Waals surface area (Å²) in [5.74, 6) is -0.842. The van der Waals surface area contributed by atoms with Crippen LogP contribution in [-0.4, -0.2) is 67.9 Å². The maximum atomic E-state index is 15.6. The quantitative estimate of drug-likeness (QED) is 0.360. The van der Waals surface area contributed by atoms with E-state index in [1.54, 1.807) is 24.2 Å². The molecule has 2 aliphatic heterocycles. The van der Waals surface area contributed by atoms with Gasteiger partial charge in [-0.05, 0) is 25.0 Å². The lowest BCUT2D eigenvalue weighted by Gasteiger charge is -2.37. The minimum Gasteiger partial charge on any atom is -0.475 e. The summed E-state index contributed by atoms with van der Waals surface area (Å²) in [6.45, 7) is 4.90. The van der Waals surface area contributed by atoms with Gasteiger partial charge in [-0.25, -0.2) is 9.37 Å². The molecule has 6 rings (SSSR count). The summed E-state index contributed by atoms with van der Waals surface area (Å²) in [6, 6.07) is 6.82. The van der Waals surface area contributed by atoms with Gasteiger partial charge >= 0.3 is 10.2 Å². The summed E-state index contributed by atoms with van der Waals surface area (Å²) in [6.07, 6.45) is 5.45. The lowest BCUT2D eigenvalue weighted by atomic mass is 9.64. The van der Waals surface area contributed by atoms with Crippen molar-refractivity contribution in [3.05, 3.63) is 42.0 Å². The Kier molecular flexibility index (Phi) is 7.03. The highest BCUT2D eigenvalue weighted by molar-refractivity contribution is 7.90. The molecule has 1 saturated carbocycles. The number of carbonyl (C=O) groups is 1. The fraction of sp³-hybridized carbons (Fsp3) is 0.448. The molecule has 11 nitrogen and oxygen atoms in total. The van der Waals surface area contributed by atoms with Crippen molar-refractivity contribution in [3.63, 3.8) is 0 Å². The number of hydrogen-bond donors (Lipinski definition) is 2. The minimum atomic E-state index is -4.01. The highest BCUT2D eigenvalue weighted by Gasteiger charge is 2.54. The van der Waals surface area contributed by atoms with E-state index in [1.807, 2.05) is 13.8 Å². The number of likely N-dealkylation sites (N-methyl/N-ethyl adjacent to an activating group) is 1. The Hall–Kier alpha value is -3.86. The first-order valence-corrected chi connectivity index (χ1v) is 15.4. The van der Waals surface area contributed by atoms with Crippen LogP contribution in [0.5, 0.6) is 5.88 Å². The number of rotatable bonds is 9. The van der Waals surface area contributed by atoms with Crippen LogP contribution in [0.4, 0.5) is 15.8 Å². The first kappa shape index (κ1) is 28.3. The highest BCUT2D eigenvalue weighted by Crippen LogP contribution is 2.55. The Bertz CT molecular complexity index is 1730. The summed E-state index contributed by atoms with van der Waals surface area (Å²) in [5, 5.41) is 13.0. The van der Waals surface area contributed by atoms with Gasteiger partial charge in [0.25, 0.3) is 0 Å². The van der Waals surface area contributed by atoms with E-state index in [4.69, 9.17) is 10.00 Å². The summed E-state index contributed by atoms with van der Waals surface area (Å²) in [4.78, 5) is 23.7. The number of benzene rings is 1. The van der Waals surface area contributed by atoms with Gasteiger partial charge in [0, 0.05) is 67.1 Å². The third kappa shape index (κ3) is 4.63. The molecule has 1 aliphatic carbocycles. The molecule has 42 heavy (non-hydrogen) atoms. The predicted octanol–water partition coefficient (Wildman–Crippen LogP) is 3.32. The van der Waals surface area contributed by atoms with Gasteiger partial charge in [0.15, 0.2) is 0 Å². The second-order valence-electron chi connectivity index (χ2n) is 11.5. The number of nitrogens with one attached hydrogen (secondary N) is 2. The predicted molar refractivity (Wildman–Crippen MR) is 156 cm³/mol. The lowest BCUT2D eigenvalue weighted by molar-refractivity contribution is -0.125. The van der Waals surface area contributed by atoms with Crippen molar-refractivity contribution in [2.45, 2.75) is 44.6 Å². The van der Waals surface area contributed by atoms with E-state index in [2.05, 4.69) is 26.1 Å². The number of fused-ring (bicyclic) bond motifs is 4. The maximum absolute atomic E-state index is 15.6. The topological polar surface area (TPSA) is 141 Å². The van der Waals surface area contributed by atoms with Crippen LogP contribution >= 0.6 is 0 Å². The molecule has 13 heteroatoms. The van der Waals surface area contributed by atoms with Gasteiger partial charge in [0.05, 0.1) is 34.8 Å². The summed E-state index contributed by atoms with van der Waals surface area (Å²) >= 11 is 0. The number of halogens is 1. The Balaban J connectivity index is 1.40. The maximum Gasteiger partial charge on any atom is 0.301 e. The van der Waals surface area contributed by atoms with Gasteiger partial charge in [-0.3, -0.25) is 14.5 Å². The first-order valence-electron chi connectivity index (χ1n) is 14.0. The fourth-order valence-electron chi connectivity index (χ4n) is 5.92. The lowest BCUT2D eigenvalue weighted by Crippen LogP contribution is -2.51. The summed E-state index contributed by atoms with van der Waals surface area (Å²) in [7, 11) is -2.27. The van der Waals surface area contributed by atoms with E-state index in [-0.39, 0.29) is 54.7 Å². The van der Waals surface area contributed by atoms with Crippen LogP contribution in [0.2, 0.25) is 0 Å². The smallest absolute Gasteiger partial charge is 0.301 e. The molecule has 220 valence electrons. The number of carbonyl (C=O) groups excluding carboxylic acids is 1. The third-order valence-corrected chi connectivity index (χ3v) is 9.82. The Morgan fingerprint density at radius 1 is 1.21 bits per heavy atom. The summed E-state index contributed by atoms with van der Waals surface area (Å²) < 4.78 is 51.3. The summed E-state index contributed by atoms with van der Waals surface area (Å²) in [5.41, 5.74) is 1.99. The molecule has 0 radical (unpaired) electrons. The second-order valence-corrected chi connectivity index (χ2v) is 13.1. The van der Waals surface area contributed by atoms with Crippen molar-refractivity contribution in [3.8, 4) is 23.1 Å². The average Bonchev–Trinajstić information content (AvgIpc) is 3.12. The molecule has 2 N–H and O–H groups in total. The van der Waals surface area contributed by atoms with Crippen LogP contribution in [0.25, 0.3) is 22.0 Å². The van der Waals surface area contributed by atoms with E-state index in [0.29, 0.717) is 23.0 Å². The minimum absolute atomic E-state index is 0.0281. The van der Waals surface area contributed by atoms with Crippen molar-refractivity contribution in [2.24, 2.45) is 5.92 Å². The number of anilines is 2. The van der Waals surface area contributed by atoms with Gasteiger partial charge in [-0.2, -0.15) is 18.0 Å². The zero-order valence-corrected chi connectivity index (χ0v) is 24.5. The van der Waals surface area contributed by atoms with Crippen molar-refractivity contribution < 1.29 is 22.3 Å². The Morgan fingerprint density at radius 2 is 1.98 bits per heavy atom. The van der Waals surface area contributed by atoms with Crippen molar-refractivity contribution in [2.75, 3.05) is 42.9 Å². The molecule has 2 aromatic heterocycles. The number of hydrogen-bond acceptors (Lipinski definition) is 8. The number of pyridine rings is 2. The molecule has 3 aliphatic rings. The van der Waals surface area contributed by atoms with E-state index in [0.717, 1.165) is 34.8 Å². The van der Waals surface area contributed by atoms with Crippen LogP contribution < -0.4 is 19.7 Å². The number of nitrogens with zero attached hydrogens (tertiary/aromatic N) is 5. The van der Waals surface area contributed by atoms with Crippen LogP contribution in [0.1, 0.15) is 38.7 Å². The normalized spacial score (nSPS) is 18.2. The standard InChI is InChI=1S/C29H32FN7O4S/c1-17(2)32-7-8-41-27-24(35-42(39,40)37-15-18(12-31)16-37)9-19(13-34-27)20-10-21-23(11-22(20)30)33-14-25-26(21)29(5-4-6-29)28(38)36(25)3/h9-11,13-14,17-18,32,35H,4-8,15-16H2,1-3H3. The van der Waals surface area contributed by atoms with Crippen molar-refractivity contribution >= 4 is 38.4 Å². The van der Waals surface area contributed by atoms with Crippen LogP contribution in [-0.2, 0) is 20.4 Å². The molecular weight excluding hydrogens is 561 g/mol. The van der Waals surface area contributed by atoms with Gasteiger partial charge in [0.1, 0.15) is 18.1 Å². The molecule has 1 saturated heterocycles. The van der Waals surface area contributed by atoms with E-state index < -0.39 is 21.4 Å². The van der Waals surface area contributed by atoms with Crippen LogP contribution in [0, 0.1) is 23.1 Å². The first-order chi connectivity index (χ1) is 20.0. The van der Waals surface area contributed by atoms with E-state index in [9.17, 15) is 13.2 Å². The van der Waals surface area contributed by atoms with Crippen molar-refractivity contribution in [1.82, 2.24) is 19.6 Å². The molecule has 1 spiro atoms. The third-order valence-electron chi connectivity index (χ3n) is 8.36. The molecule has 0 unspecified atom stereocenters. The fourth-order valence-corrected chi connectivity index (χ4v) is 7.22. The Labute approximate surface area is 243 Å². The van der Waals surface area contributed by atoms with Gasteiger partial charge in [0.2, 0.25) is 11.8 Å². The van der Waals surface area contributed by atoms with Crippen LogP contribution in [0.15, 0.2) is 30.6 Å². The number of ether oxygens (including phenoxy) is 1. The molecular formula is C29H32FN7O4S. The van der Waals surface area contributed by atoms with Crippen molar-refractivity contribution in [1.29, 1.82) is 5.26 Å². The molecule has 1 amide bonds. The van der Waals surface area contributed by atoms with Gasteiger partial charge in [-0.1, -0.05) is 20.3 Å². The number of nitriles is 1. The molecule has 2 fully saturated rings. The van der Waals surface area contributed by atoms with Gasteiger partial charge in [-0.15, -0.1) is 0 Å². The monoisotopic (exact) mass is 593 g/mol. The molecule has 0 bridgehead atoms. The largest absolute Gasteiger partial charge is 0.475 e. The zero-order valence-electron chi connectivity index (χ0n) is 23.6. The highest BCUT2D eigenvalue weighted by atomic mass is 32.2. The second kappa shape index (κ2) is 10.4. The zero-order chi connectivity index (χ0) is 29.8. The average molecular weight is 594 g/mol. The molecule has 1 aromatic carbocycles. The van der Waals surface area contributed by atoms with E-state index in [1.165, 1.54) is 18.3 Å². The molecule has 3 aromatic rings.